The van der Waals surface area contributed by atoms with Crippen molar-refractivity contribution >= 4 is 11.6 Å². The van der Waals surface area contributed by atoms with Gasteiger partial charge in [-0.1, -0.05) is 35.9 Å². The largest absolute Gasteiger partial charge is 0.370 e. The molecule has 2 heterocycles. The van der Waals surface area contributed by atoms with E-state index in [2.05, 4.69) is 10.1 Å². The van der Waals surface area contributed by atoms with Crippen molar-refractivity contribution in [2.24, 2.45) is 0 Å². The molecule has 0 spiro atoms. The van der Waals surface area contributed by atoms with E-state index in [0.29, 0.717) is 17.5 Å². The number of hydrogen-bond donors (Lipinski definition) is 0. The number of hydrogen-bond acceptors (Lipinski definition) is 3. The van der Waals surface area contributed by atoms with Gasteiger partial charge in [-0.3, -0.25) is 0 Å². The van der Waals surface area contributed by atoms with Gasteiger partial charge in [0.25, 0.3) is 0 Å². The van der Waals surface area contributed by atoms with Crippen LogP contribution in [-0.4, -0.2) is 27.5 Å². The number of halogens is 2. The van der Waals surface area contributed by atoms with Crippen LogP contribution < -0.4 is 0 Å². The van der Waals surface area contributed by atoms with E-state index in [1.54, 1.807) is 29.2 Å². The second-order valence-corrected chi connectivity index (χ2v) is 5.80. The Morgan fingerprint density at radius 1 is 1.17 bits per heavy atom. The average Bonchev–Trinajstić information content (AvgIpc) is 3.27. The quantitative estimate of drug-likeness (QED) is 0.685. The fourth-order valence-electron chi connectivity index (χ4n) is 2.61. The molecule has 1 aliphatic rings. The number of rotatable bonds is 4. The molecule has 2 aromatic carbocycles. The molecule has 0 aliphatic carbocycles. The van der Waals surface area contributed by atoms with E-state index in [-0.39, 0.29) is 18.0 Å². The first-order chi connectivity index (χ1) is 11.2. The van der Waals surface area contributed by atoms with Crippen LogP contribution in [0.15, 0.2) is 54.9 Å². The third kappa shape index (κ3) is 2.85. The summed E-state index contributed by atoms with van der Waals surface area (Å²) in [7, 11) is 0. The normalized spacial score (nSPS) is 17.9. The maximum atomic E-state index is 13.2. The summed E-state index contributed by atoms with van der Waals surface area (Å²) in [5, 5.41) is 5.15. The molecule has 4 nitrogen and oxygen atoms in total. The standard InChI is InChI=1S/C17H13ClFN3O/c18-14-4-2-1-3-13(14)17-20-10-22(21-17)16(15-9-23-15)11-5-7-12(19)8-6-11/h1-8,10,15-16H,9H2. The highest BCUT2D eigenvalue weighted by molar-refractivity contribution is 6.33. The fourth-order valence-corrected chi connectivity index (χ4v) is 2.83. The van der Waals surface area contributed by atoms with Crippen LogP contribution in [-0.2, 0) is 4.74 Å². The molecule has 3 aromatic rings. The van der Waals surface area contributed by atoms with Crippen molar-refractivity contribution in [1.29, 1.82) is 0 Å². The van der Waals surface area contributed by atoms with Gasteiger partial charge in [0.1, 0.15) is 24.3 Å². The predicted octanol–water partition coefficient (Wildman–Crippen LogP) is 3.73. The molecule has 1 aliphatic heterocycles. The summed E-state index contributed by atoms with van der Waals surface area (Å²) in [6.45, 7) is 0.656. The summed E-state index contributed by atoms with van der Waals surface area (Å²) in [6.07, 6.45) is 1.69. The van der Waals surface area contributed by atoms with Gasteiger partial charge in [-0.25, -0.2) is 14.1 Å². The smallest absolute Gasteiger partial charge is 0.182 e. The molecule has 6 heteroatoms. The van der Waals surface area contributed by atoms with E-state index >= 15 is 0 Å². The first-order valence-corrected chi connectivity index (χ1v) is 7.63. The number of aromatic nitrogens is 3. The molecule has 1 aromatic heterocycles. The molecule has 0 N–H and O–H groups in total. The molecule has 0 amide bonds. The molecule has 2 unspecified atom stereocenters. The van der Waals surface area contributed by atoms with Crippen molar-refractivity contribution in [2.75, 3.05) is 6.61 Å². The number of epoxide rings is 1. The van der Waals surface area contributed by atoms with Crippen LogP contribution in [0.25, 0.3) is 11.4 Å². The zero-order valence-corrected chi connectivity index (χ0v) is 12.8. The Balaban J connectivity index is 1.71. The van der Waals surface area contributed by atoms with E-state index < -0.39 is 0 Å². The van der Waals surface area contributed by atoms with Crippen molar-refractivity contribution in [2.45, 2.75) is 12.1 Å². The van der Waals surface area contributed by atoms with Gasteiger partial charge < -0.3 is 4.74 Å². The minimum Gasteiger partial charge on any atom is -0.370 e. The molecule has 0 radical (unpaired) electrons. The minimum atomic E-state index is -0.264. The Morgan fingerprint density at radius 2 is 1.91 bits per heavy atom. The van der Waals surface area contributed by atoms with Crippen molar-refractivity contribution in [3.63, 3.8) is 0 Å². The highest BCUT2D eigenvalue weighted by Crippen LogP contribution is 2.32. The van der Waals surface area contributed by atoms with Crippen LogP contribution >= 0.6 is 11.6 Å². The van der Waals surface area contributed by atoms with E-state index in [1.165, 1.54) is 12.1 Å². The Hall–Kier alpha value is -2.24. The highest BCUT2D eigenvalue weighted by atomic mass is 35.5. The average molecular weight is 330 g/mol. The monoisotopic (exact) mass is 329 g/mol. The van der Waals surface area contributed by atoms with Gasteiger partial charge in [-0.05, 0) is 29.8 Å². The molecule has 2 atom stereocenters. The summed E-state index contributed by atoms with van der Waals surface area (Å²) in [5.41, 5.74) is 1.71. The van der Waals surface area contributed by atoms with Crippen LogP contribution in [0.5, 0.6) is 0 Å². The molecule has 0 bridgehead atoms. The Morgan fingerprint density at radius 3 is 2.61 bits per heavy atom. The fraction of sp³-hybridized carbons (Fsp3) is 0.176. The van der Waals surface area contributed by atoms with E-state index in [9.17, 15) is 4.39 Å². The topological polar surface area (TPSA) is 43.2 Å². The molecule has 1 fully saturated rings. The zero-order valence-electron chi connectivity index (χ0n) is 12.1. The Bertz CT molecular complexity index is 830. The second kappa shape index (κ2) is 5.76. The van der Waals surface area contributed by atoms with Gasteiger partial charge >= 0.3 is 0 Å². The lowest BCUT2D eigenvalue weighted by molar-refractivity contribution is 0.339. The van der Waals surface area contributed by atoms with Crippen LogP contribution in [0, 0.1) is 5.82 Å². The zero-order chi connectivity index (χ0) is 15.8. The Kier molecular flexibility index (Phi) is 3.59. The molecular weight excluding hydrogens is 317 g/mol. The highest BCUT2D eigenvalue weighted by Gasteiger charge is 2.36. The molecule has 116 valence electrons. The van der Waals surface area contributed by atoms with Crippen LogP contribution in [0.4, 0.5) is 4.39 Å². The maximum absolute atomic E-state index is 13.2. The lowest BCUT2D eigenvalue weighted by Crippen LogP contribution is -2.17. The maximum Gasteiger partial charge on any atom is 0.182 e. The van der Waals surface area contributed by atoms with Crippen LogP contribution in [0.3, 0.4) is 0 Å². The lowest BCUT2D eigenvalue weighted by atomic mass is 10.0. The van der Waals surface area contributed by atoms with Gasteiger partial charge in [0.05, 0.1) is 11.6 Å². The molecule has 4 rings (SSSR count). The molecule has 0 saturated carbocycles. The SMILES string of the molecule is Fc1ccc(C(C2CO2)n2cnc(-c3ccccc3Cl)n2)cc1. The van der Waals surface area contributed by atoms with Gasteiger partial charge in [-0.2, -0.15) is 5.10 Å². The van der Waals surface area contributed by atoms with Crippen LogP contribution in [0.2, 0.25) is 5.02 Å². The van der Waals surface area contributed by atoms with Crippen molar-refractivity contribution in [1.82, 2.24) is 14.8 Å². The molecule has 1 saturated heterocycles. The minimum absolute atomic E-state index is 0.0289. The van der Waals surface area contributed by atoms with Crippen LogP contribution in [0.1, 0.15) is 11.6 Å². The number of ether oxygens (including phenoxy) is 1. The summed E-state index contributed by atoms with van der Waals surface area (Å²) in [4.78, 5) is 4.36. The summed E-state index contributed by atoms with van der Waals surface area (Å²) in [5.74, 6) is 0.294. The predicted molar refractivity (Wildman–Crippen MR) is 84.7 cm³/mol. The van der Waals surface area contributed by atoms with Crippen molar-refractivity contribution in [3.8, 4) is 11.4 Å². The summed E-state index contributed by atoms with van der Waals surface area (Å²) in [6, 6.07) is 13.7. The number of benzene rings is 2. The summed E-state index contributed by atoms with van der Waals surface area (Å²) >= 11 is 6.20. The van der Waals surface area contributed by atoms with Gasteiger partial charge in [0.15, 0.2) is 5.82 Å². The van der Waals surface area contributed by atoms with E-state index in [4.69, 9.17) is 16.3 Å². The first-order valence-electron chi connectivity index (χ1n) is 7.25. The second-order valence-electron chi connectivity index (χ2n) is 5.40. The lowest BCUT2D eigenvalue weighted by Gasteiger charge is -2.15. The van der Waals surface area contributed by atoms with E-state index in [0.717, 1.165) is 11.1 Å². The third-order valence-corrected chi connectivity index (χ3v) is 4.16. The Labute approximate surface area is 137 Å². The number of nitrogens with zero attached hydrogens (tertiary/aromatic N) is 3. The van der Waals surface area contributed by atoms with E-state index in [1.807, 2.05) is 18.2 Å². The molecule has 23 heavy (non-hydrogen) atoms. The molecular formula is C17H13ClFN3O. The summed E-state index contributed by atoms with van der Waals surface area (Å²) < 4.78 is 20.4. The van der Waals surface area contributed by atoms with Gasteiger partial charge in [0.2, 0.25) is 0 Å². The third-order valence-electron chi connectivity index (χ3n) is 3.83. The van der Waals surface area contributed by atoms with Crippen molar-refractivity contribution in [3.05, 3.63) is 71.3 Å². The van der Waals surface area contributed by atoms with Crippen molar-refractivity contribution < 1.29 is 9.13 Å². The first kappa shape index (κ1) is 14.4. The van der Waals surface area contributed by atoms with Gasteiger partial charge in [-0.15, -0.1) is 0 Å². The van der Waals surface area contributed by atoms with Gasteiger partial charge in [0, 0.05) is 5.56 Å².